The van der Waals surface area contributed by atoms with Crippen LogP contribution in [0.3, 0.4) is 0 Å². The Labute approximate surface area is 60.0 Å². The molecule has 6 heteroatoms. The molecule has 0 saturated heterocycles. The van der Waals surface area contributed by atoms with Crippen LogP contribution >= 0.6 is 0 Å². The second-order valence-corrected chi connectivity index (χ2v) is 2.20. The zero-order valence-electron chi connectivity index (χ0n) is 3.08. The summed E-state index contributed by atoms with van der Waals surface area (Å²) in [4.78, 5) is 0. The minimum atomic E-state index is -3.67. The van der Waals surface area contributed by atoms with Gasteiger partial charge in [0.15, 0.2) is 0 Å². The molecule has 0 aromatic carbocycles. The van der Waals surface area contributed by atoms with Gasteiger partial charge in [-0.3, -0.25) is 9.26 Å². The van der Waals surface area contributed by atoms with Crippen LogP contribution in [-0.2, 0) is 10.1 Å². The van der Waals surface area contributed by atoms with Crippen LogP contribution in [-0.4, -0.2) is 45.1 Å². The summed E-state index contributed by atoms with van der Waals surface area (Å²) in [6.07, 6.45) is 0.715. The van der Waals surface area contributed by atoms with Crippen LogP contribution in [0.1, 0.15) is 0 Å². The number of hydrogen-bond donors (Lipinski definition) is 1. The van der Waals surface area contributed by atoms with E-state index in [1.807, 2.05) is 0 Å². The van der Waals surface area contributed by atoms with Crippen LogP contribution in [0.25, 0.3) is 0 Å². The maximum atomic E-state index is 9.19. The second-order valence-electron chi connectivity index (χ2n) is 0.733. The first-order chi connectivity index (χ1) is 2.00. The molecule has 0 fully saturated rings. The molecule has 0 saturated carbocycles. The molecule has 1 N–H and O–H groups in total. The summed E-state index contributed by atoms with van der Waals surface area (Å²) in [5.74, 6) is 0. The van der Waals surface area contributed by atoms with Crippen molar-refractivity contribution >= 4 is 36.0 Å². The molecule has 0 aliphatic rings. The third kappa shape index (κ3) is 295. The molecule has 0 atom stereocenters. The van der Waals surface area contributed by atoms with Gasteiger partial charge in [0.05, 0.1) is 6.26 Å². The maximum absolute atomic E-state index is 9.19. The first-order valence-corrected chi connectivity index (χ1v) is 2.77. The third-order valence-electron chi connectivity index (χ3n) is 0. The number of halogens is 1. The van der Waals surface area contributed by atoms with Crippen molar-refractivity contribution in [3.8, 4) is 0 Å². The van der Waals surface area contributed by atoms with E-state index in [-0.39, 0.29) is 30.5 Å². The summed E-state index contributed by atoms with van der Waals surface area (Å²) in [7, 11) is -3.67. The van der Waals surface area contributed by atoms with Crippen LogP contribution in [0.5, 0.6) is 0 Å². The van der Waals surface area contributed by atoms with Gasteiger partial charge in [-0.25, -0.2) is 0 Å². The first kappa shape index (κ1) is 15.6. The molecule has 46 valence electrons. The van der Waals surface area contributed by atoms with Crippen molar-refractivity contribution in [3.63, 3.8) is 0 Å². The zero-order valence-corrected chi connectivity index (χ0v) is 3.90. The molecule has 0 spiro atoms. The summed E-state index contributed by atoms with van der Waals surface area (Å²) in [5, 5.41) is 0. The molecule has 0 radical (unpaired) electrons. The summed E-state index contributed by atoms with van der Waals surface area (Å²) in [6.45, 7) is 0. The summed E-state index contributed by atoms with van der Waals surface area (Å²) >= 11 is 0. The SMILES string of the molecule is CS(=O)(=O)O.F.[InH3]. The van der Waals surface area contributed by atoms with Gasteiger partial charge in [0, 0.05) is 0 Å². The van der Waals surface area contributed by atoms with E-state index in [2.05, 4.69) is 0 Å². The molecular formula is CH8FInO3S. The van der Waals surface area contributed by atoms with Gasteiger partial charge in [0.25, 0.3) is 10.1 Å². The average molecular weight is 234 g/mol. The normalized spacial score (nSPS) is 8.29. The summed E-state index contributed by atoms with van der Waals surface area (Å²) < 4.78 is 25.9. The van der Waals surface area contributed by atoms with Crippen LogP contribution in [0.15, 0.2) is 0 Å². The third-order valence-corrected chi connectivity index (χ3v) is 0. The monoisotopic (exact) mass is 234 g/mol. The summed E-state index contributed by atoms with van der Waals surface area (Å²) in [6, 6.07) is 0. The Bertz CT molecular complexity index is 98.1. The minimum absolute atomic E-state index is 0. The first-order valence-electron chi connectivity index (χ1n) is 0.924. The Kier molecular flexibility index (Phi) is 10.9. The van der Waals surface area contributed by atoms with Crippen molar-refractivity contribution in [2.45, 2.75) is 0 Å². The number of hydrogen-bond acceptors (Lipinski definition) is 2. The molecule has 0 amide bonds. The number of rotatable bonds is 0. The molecule has 0 aromatic rings. The quantitative estimate of drug-likeness (QED) is 0.517. The molecule has 0 aliphatic carbocycles. The average Bonchev–Trinajstić information content (AvgIpc) is 0.722. The Balaban J connectivity index is -0.0000000800. The van der Waals surface area contributed by atoms with E-state index in [4.69, 9.17) is 4.55 Å². The Morgan fingerprint density at radius 2 is 1.43 bits per heavy atom. The van der Waals surface area contributed by atoms with Crippen LogP contribution in [0.2, 0.25) is 0 Å². The molecule has 0 heterocycles. The van der Waals surface area contributed by atoms with Crippen molar-refractivity contribution in [2.75, 3.05) is 6.26 Å². The van der Waals surface area contributed by atoms with Crippen LogP contribution in [0.4, 0.5) is 4.70 Å². The van der Waals surface area contributed by atoms with E-state index in [1.165, 1.54) is 0 Å². The van der Waals surface area contributed by atoms with Crippen LogP contribution < -0.4 is 0 Å². The molecule has 0 rings (SSSR count). The summed E-state index contributed by atoms with van der Waals surface area (Å²) in [5.41, 5.74) is 0. The zero-order chi connectivity index (χ0) is 4.50. The predicted molar refractivity (Wildman–Crippen MR) is 29.9 cm³/mol. The standard InChI is InChI=1S/CH4O3S.FH.In.3H/c1-5(2,3)4;;;;;/h1H3,(H,2,3,4);1H;;;;. The molecule has 7 heavy (non-hydrogen) atoms. The van der Waals surface area contributed by atoms with E-state index >= 15 is 0 Å². The van der Waals surface area contributed by atoms with Gasteiger partial charge < -0.3 is 0 Å². The molecule has 0 aromatic heterocycles. The van der Waals surface area contributed by atoms with Gasteiger partial charge in [-0.15, -0.1) is 0 Å². The van der Waals surface area contributed by atoms with Crippen molar-refractivity contribution in [2.24, 2.45) is 0 Å². The molecule has 0 aliphatic heterocycles. The van der Waals surface area contributed by atoms with Gasteiger partial charge >= 0.3 is 25.8 Å². The molecular weight excluding hydrogens is 226 g/mol. The molecule has 0 bridgehead atoms. The topological polar surface area (TPSA) is 54.4 Å². The Morgan fingerprint density at radius 3 is 1.43 bits per heavy atom. The van der Waals surface area contributed by atoms with Gasteiger partial charge in [-0.1, -0.05) is 0 Å². The fraction of sp³-hybridized carbons (Fsp3) is 1.00. The molecule has 3 nitrogen and oxygen atoms in total. The van der Waals surface area contributed by atoms with E-state index in [9.17, 15) is 8.42 Å². The fourth-order valence-electron chi connectivity index (χ4n) is 0. The van der Waals surface area contributed by atoms with E-state index in [0.29, 0.717) is 6.26 Å². The van der Waals surface area contributed by atoms with Gasteiger partial charge in [-0.2, -0.15) is 8.42 Å². The Hall–Kier alpha value is 0.710. The van der Waals surface area contributed by atoms with Crippen LogP contribution in [0, 0.1) is 0 Å². The Morgan fingerprint density at radius 1 is 1.43 bits per heavy atom. The van der Waals surface area contributed by atoms with E-state index < -0.39 is 10.1 Å². The predicted octanol–water partition coefficient (Wildman–Crippen LogP) is -1.53. The van der Waals surface area contributed by atoms with E-state index in [0.717, 1.165) is 0 Å². The molecule has 0 unspecified atom stereocenters. The van der Waals surface area contributed by atoms with Crippen molar-refractivity contribution in [1.82, 2.24) is 0 Å². The van der Waals surface area contributed by atoms with Gasteiger partial charge in [0.2, 0.25) is 0 Å². The van der Waals surface area contributed by atoms with Crippen molar-refractivity contribution < 1.29 is 17.7 Å². The van der Waals surface area contributed by atoms with Crippen molar-refractivity contribution in [3.05, 3.63) is 0 Å². The van der Waals surface area contributed by atoms with Crippen molar-refractivity contribution in [1.29, 1.82) is 0 Å². The second kappa shape index (κ2) is 4.86. The van der Waals surface area contributed by atoms with E-state index in [1.54, 1.807) is 0 Å². The van der Waals surface area contributed by atoms with Gasteiger partial charge in [-0.05, 0) is 0 Å². The van der Waals surface area contributed by atoms with Gasteiger partial charge in [0.1, 0.15) is 0 Å². The fourth-order valence-corrected chi connectivity index (χ4v) is 0.